The van der Waals surface area contributed by atoms with Crippen LogP contribution in [0.25, 0.3) is 0 Å². The van der Waals surface area contributed by atoms with Gasteiger partial charge in [0.2, 0.25) is 0 Å². The van der Waals surface area contributed by atoms with Crippen LogP contribution >= 0.6 is 11.3 Å². The fraction of sp³-hybridized carbons (Fsp3) is 0.421. The van der Waals surface area contributed by atoms with Crippen molar-refractivity contribution in [3.8, 4) is 5.75 Å². The third-order valence-electron chi connectivity index (χ3n) is 4.03. The highest BCUT2D eigenvalue weighted by atomic mass is 32.1. The molecule has 0 bridgehead atoms. The van der Waals surface area contributed by atoms with Crippen molar-refractivity contribution in [2.75, 3.05) is 11.9 Å². The Morgan fingerprint density at radius 2 is 2.08 bits per heavy atom. The third kappa shape index (κ3) is 4.74. The van der Waals surface area contributed by atoms with Gasteiger partial charge in [0.1, 0.15) is 5.75 Å². The number of amides is 2. The molecule has 1 aromatic carbocycles. The normalized spacial score (nSPS) is 13.5. The van der Waals surface area contributed by atoms with Gasteiger partial charge in [0.25, 0.3) is 0 Å². The van der Waals surface area contributed by atoms with E-state index in [0.29, 0.717) is 12.6 Å². The van der Waals surface area contributed by atoms with Crippen molar-refractivity contribution >= 4 is 23.1 Å². The molecule has 1 fully saturated rings. The Morgan fingerprint density at radius 3 is 2.71 bits per heavy atom. The molecule has 2 amide bonds. The number of benzene rings is 1. The van der Waals surface area contributed by atoms with Crippen molar-refractivity contribution in [1.82, 2.24) is 4.90 Å². The van der Waals surface area contributed by atoms with Gasteiger partial charge in [-0.2, -0.15) is 0 Å². The Hall–Kier alpha value is -2.01. The quantitative estimate of drug-likeness (QED) is 0.675. The average Bonchev–Trinajstić information content (AvgIpc) is 3.30. The summed E-state index contributed by atoms with van der Waals surface area (Å²) in [6, 6.07) is 12.1. The molecule has 4 nitrogen and oxygen atoms in total. The second-order valence-electron chi connectivity index (χ2n) is 6.09. The number of nitrogens with one attached hydrogen (secondary N) is 1. The van der Waals surface area contributed by atoms with Gasteiger partial charge in [0.05, 0.1) is 13.2 Å². The number of nitrogens with zero attached hydrogens (tertiary/aromatic N) is 1. The first-order valence-electron chi connectivity index (χ1n) is 8.59. The minimum atomic E-state index is -0.0226. The summed E-state index contributed by atoms with van der Waals surface area (Å²) < 4.78 is 5.65. The molecule has 1 aromatic heterocycles. The van der Waals surface area contributed by atoms with Crippen LogP contribution < -0.4 is 10.1 Å². The minimum Gasteiger partial charge on any atom is -0.494 e. The van der Waals surface area contributed by atoms with Crippen LogP contribution in [0.3, 0.4) is 0 Å². The number of carbonyl (C=O) groups excluding carboxylic acids is 1. The van der Waals surface area contributed by atoms with E-state index in [2.05, 4.69) is 23.7 Å². The van der Waals surface area contributed by atoms with E-state index in [0.717, 1.165) is 43.7 Å². The molecule has 0 saturated heterocycles. The molecule has 5 heteroatoms. The van der Waals surface area contributed by atoms with Crippen molar-refractivity contribution in [2.45, 2.75) is 45.2 Å². The number of hydrogen-bond acceptors (Lipinski definition) is 3. The van der Waals surface area contributed by atoms with E-state index < -0.39 is 0 Å². The zero-order chi connectivity index (χ0) is 16.8. The van der Waals surface area contributed by atoms with Crippen LogP contribution in [0.1, 0.15) is 37.5 Å². The largest absolute Gasteiger partial charge is 0.494 e. The minimum absolute atomic E-state index is 0.0226. The van der Waals surface area contributed by atoms with Gasteiger partial charge in [-0.3, -0.25) is 0 Å². The van der Waals surface area contributed by atoms with Crippen LogP contribution in [-0.4, -0.2) is 23.6 Å². The van der Waals surface area contributed by atoms with Gasteiger partial charge in [0, 0.05) is 16.6 Å². The van der Waals surface area contributed by atoms with Gasteiger partial charge in [-0.05, 0) is 55.0 Å². The number of ether oxygens (including phenoxy) is 1. The smallest absolute Gasteiger partial charge is 0.322 e. The zero-order valence-corrected chi connectivity index (χ0v) is 14.8. The summed E-state index contributed by atoms with van der Waals surface area (Å²) in [5.41, 5.74) is 0.805. The maximum absolute atomic E-state index is 12.6. The summed E-state index contributed by atoms with van der Waals surface area (Å²) in [5, 5.41) is 5.06. The summed E-state index contributed by atoms with van der Waals surface area (Å²) in [6.45, 7) is 3.56. The van der Waals surface area contributed by atoms with Gasteiger partial charge < -0.3 is 15.0 Å². The van der Waals surface area contributed by atoms with Gasteiger partial charge in [-0.15, -0.1) is 11.3 Å². The fourth-order valence-electron chi connectivity index (χ4n) is 2.49. The fourth-order valence-corrected chi connectivity index (χ4v) is 3.19. The summed E-state index contributed by atoms with van der Waals surface area (Å²) >= 11 is 1.69. The molecule has 0 atom stereocenters. The molecular formula is C19H24N2O2S. The van der Waals surface area contributed by atoms with Gasteiger partial charge in [-0.25, -0.2) is 4.79 Å². The Kier molecular flexibility index (Phi) is 5.75. The number of carbonyl (C=O) groups is 1. The van der Waals surface area contributed by atoms with Crippen molar-refractivity contribution < 1.29 is 9.53 Å². The molecule has 0 spiro atoms. The Balaban J connectivity index is 1.56. The van der Waals surface area contributed by atoms with E-state index in [9.17, 15) is 4.79 Å². The van der Waals surface area contributed by atoms with E-state index in [-0.39, 0.29) is 6.03 Å². The molecule has 0 unspecified atom stereocenters. The second-order valence-corrected chi connectivity index (χ2v) is 7.13. The average molecular weight is 344 g/mol. The highest BCUT2D eigenvalue weighted by Gasteiger charge is 2.32. The predicted molar refractivity (Wildman–Crippen MR) is 98.7 cm³/mol. The molecule has 0 radical (unpaired) electrons. The third-order valence-corrected chi connectivity index (χ3v) is 4.89. The molecule has 24 heavy (non-hydrogen) atoms. The summed E-state index contributed by atoms with van der Waals surface area (Å²) in [4.78, 5) is 15.8. The molecule has 3 rings (SSSR count). The summed E-state index contributed by atoms with van der Waals surface area (Å²) in [7, 11) is 0. The summed E-state index contributed by atoms with van der Waals surface area (Å²) in [6.07, 6.45) is 4.37. The van der Waals surface area contributed by atoms with Gasteiger partial charge in [-0.1, -0.05) is 19.4 Å². The van der Waals surface area contributed by atoms with Crippen LogP contribution in [0, 0.1) is 0 Å². The first-order chi connectivity index (χ1) is 11.8. The van der Waals surface area contributed by atoms with Crippen molar-refractivity contribution in [3.63, 3.8) is 0 Å². The first kappa shape index (κ1) is 16.8. The highest BCUT2D eigenvalue weighted by Crippen LogP contribution is 2.30. The van der Waals surface area contributed by atoms with E-state index in [4.69, 9.17) is 4.74 Å². The maximum Gasteiger partial charge on any atom is 0.322 e. The predicted octanol–water partition coefficient (Wildman–Crippen LogP) is 5.12. The Bertz CT molecular complexity index is 636. The van der Waals surface area contributed by atoms with Crippen LogP contribution in [0.15, 0.2) is 41.8 Å². The number of hydrogen-bond donors (Lipinski definition) is 1. The summed E-state index contributed by atoms with van der Waals surface area (Å²) in [5.74, 6) is 0.846. The Labute approximate surface area is 147 Å². The van der Waals surface area contributed by atoms with Crippen LogP contribution in [-0.2, 0) is 6.54 Å². The van der Waals surface area contributed by atoms with E-state index >= 15 is 0 Å². The maximum atomic E-state index is 12.6. The number of anilines is 1. The lowest BCUT2D eigenvalue weighted by atomic mass is 10.3. The molecule has 128 valence electrons. The molecule has 0 aliphatic heterocycles. The monoisotopic (exact) mass is 344 g/mol. The standard InChI is InChI=1S/C19H24N2O2S/c1-2-3-12-23-17-10-6-15(7-11-17)20-19(22)21(16-8-9-16)14-18-5-4-13-24-18/h4-7,10-11,13,16H,2-3,8-9,12,14H2,1H3,(H,20,22). The Morgan fingerprint density at radius 1 is 1.29 bits per heavy atom. The lowest BCUT2D eigenvalue weighted by Crippen LogP contribution is -2.36. The van der Waals surface area contributed by atoms with Gasteiger partial charge >= 0.3 is 6.03 Å². The highest BCUT2D eigenvalue weighted by molar-refractivity contribution is 7.09. The number of urea groups is 1. The zero-order valence-electron chi connectivity index (χ0n) is 14.0. The van der Waals surface area contributed by atoms with Gasteiger partial charge in [0.15, 0.2) is 0 Å². The number of rotatable bonds is 8. The van der Waals surface area contributed by atoms with E-state index in [1.54, 1.807) is 11.3 Å². The van der Waals surface area contributed by atoms with Crippen LogP contribution in [0.5, 0.6) is 5.75 Å². The van der Waals surface area contributed by atoms with Crippen LogP contribution in [0.2, 0.25) is 0 Å². The molecule has 1 heterocycles. The molecular weight excluding hydrogens is 320 g/mol. The first-order valence-corrected chi connectivity index (χ1v) is 9.47. The lowest BCUT2D eigenvalue weighted by Gasteiger charge is -2.22. The van der Waals surface area contributed by atoms with E-state index in [1.165, 1.54) is 4.88 Å². The molecule has 1 aliphatic rings. The lowest BCUT2D eigenvalue weighted by molar-refractivity contribution is 0.206. The topological polar surface area (TPSA) is 41.6 Å². The molecule has 1 N–H and O–H groups in total. The van der Waals surface area contributed by atoms with Crippen molar-refractivity contribution in [2.24, 2.45) is 0 Å². The number of unbranched alkanes of at least 4 members (excludes halogenated alkanes) is 1. The molecule has 2 aromatic rings. The molecule has 1 saturated carbocycles. The van der Waals surface area contributed by atoms with Crippen LogP contribution in [0.4, 0.5) is 10.5 Å². The molecule has 1 aliphatic carbocycles. The van der Waals surface area contributed by atoms with Crippen molar-refractivity contribution in [1.29, 1.82) is 0 Å². The van der Waals surface area contributed by atoms with Crippen molar-refractivity contribution in [3.05, 3.63) is 46.7 Å². The second kappa shape index (κ2) is 8.20. The SMILES string of the molecule is CCCCOc1ccc(NC(=O)N(Cc2cccs2)C2CC2)cc1. The number of thiophene rings is 1. The van der Waals surface area contributed by atoms with E-state index in [1.807, 2.05) is 35.2 Å².